The number of thioether (sulfide) groups is 1. The molecule has 1 aromatic rings. The van der Waals surface area contributed by atoms with Crippen LogP contribution >= 0.6 is 11.8 Å². The van der Waals surface area contributed by atoms with Crippen molar-refractivity contribution in [2.75, 3.05) is 19.9 Å². The first-order chi connectivity index (χ1) is 9.74. The Labute approximate surface area is 127 Å². The van der Waals surface area contributed by atoms with Gasteiger partial charge in [-0.15, -0.1) is 0 Å². The lowest BCUT2D eigenvalue weighted by atomic mass is 10.1. The van der Waals surface area contributed by atoms with Gasteiger partial charge in [0.1, 0.15) is 5.75 Å². The molecule has 112 valence electrons. The predicted octanol–water partition coefficient (Wildman–Crippen LogP) is 4.40. The quantitative estimate of drug-likeness (QED) is 0.805. The fourth-order valence-corrected chi connectivity index (χ4v) is 4.09. The smallest absolute Gasteiger partial charge is 0.122 e. The van der Waals surface area contributed by atoms with Gasteiger partial charge < -0.3 is 10.1 Å². The van der Waals surface area contributed by atoms with Gasteiger partial charge in [-0.25, -0.2) is 0 Å². The van der Waals surface area contributed by atoms with Crippen molar-refractivity contribution >= 4 is 11.8 Å². The molecule has 0 amide bonds. The zero-order valence-corrected chi connectivity index (χ0v) is 13.8. The number of benzene rings is 1. The van der Waals surface area contributed by atoms with Crippen molar-refractivity contribution in [3.05, 3.63) is 29.3 Å². The van der Waals surface area contributed by atoms with Gasteiger partial charge in [-0.2, -0.15) is 11.8 Å². The molecule has 0 heterocycles. The Balaban J connectivity index is 1.96. The first-order valence-corrected chi connectivity index (χ1v) is 8.82. The van der Waals surface area contributed by atoms with Crippen molar-refractivity contribution in [2.45, 2.75) is 44.4 Å². The zero-order valence-electron chi connectivity index (χ0n) is 12.9. The summed E-state index contributed by atoms with van der Waals surface area (Å²) in [6, 6.07) is 6.95. The van der Waals surface area contributed by atoms with Crippen LogP contribution in [0.2, 0.25) is 0 Å². The fourth-order valence-electron chi connectivity index (χ4n) is 2.86. The van der Waals surface area contributed by atoms with Gasteiger partial charge in [0.15, 0.2) is 0 Å². The molecular weight excluding hydrogens is 266 g/mol. The third kappa shape index (κ3) is 4.16. The zero-order chi connectivity index (χ0) is 14.4. The van der Waals surface area contributed by atoms with Crippen LogP contribution in [0.15, 0.2) is 18.2 Å². The lowest BCUT2D eigenvalue weighted by Crippen LogP contribution is -2.12. The Morgan fingerprint density at radius 1 is 1.35 bits per heavy atom. The molecule has 0 saturated heterocycles. The van der Waals surface area contributed by atoms with Gasteiger partial charge in [-0.3, -0.25) is 0 Å². The minimum atomic E-state index is 0.388. The molecule has 1 aliphatic carbocycles. The summed E-state index contributed by atoms with van der Waals surface area (Å²) in [4.78, 5) is 0. The van der Waals surface area contributed by atoms with Crippen molar-refractivity contribution in [1.82, 2.24) is 5.32 Å². The normalized spacial score (nSPS) is 17.4. The summed E-state index contributed by atoms with van der Waals surface area (Å²) in [6.45, 7) is 2.19. The summed E-state index contributed by atoms with van der Waals surface area (Å²) in [5.41, 5.74) is 2.67. The van der Waals surface area contributed by atoms with Crippen LogP contribution in [0.4, 0.5) is 0 Å². The average Bonchev–Trinajstić information content (AvgIpc) is 2.99. The topological polar surface area (TPSA) is 21.3 Å². The summed E-state index contributed by atoms with van der Waals surface area (Å²) in [6.07, 6.45) is 5.73. The Hall–Kier alpha value is -0.670. The standard InChI is InChI=1S/C17H27NOS/c1-13(18-2)15-8-9-17(19-3)16(10-15)12-20-11-14-6-4-5-7-14/h8-10,13-14,18H,4-7,11-12H2,1-3H3. The highest BCUT2D eigenvalue weighted by Crippen LogP contribution is 2.31. The Kier molecular flexibility index (Phi) is 6.24. The number of hydrogen-bond donors (Lipinski definition) is 1. The first kappa shape index (κ1) is 15.7. The molecule has 0 aliphatic heterocycles. The predicted molar refractivity (Wildman–Crippen MR) is 88.6 cm³/mol. The molecule has 1 N–H and O–H groups in total. The Morgan fingerprint density at radius 2 is 2.10 bits per heavy atom. The van der Waals surface area contributed by atoms with E-state index in [1.54, 1.807) is 7.11 Å². The number of hydrogen-bond acceptors (Lipinski definition) is 3. The highest BCUT2D eigenvalue weighted by molar-refractivity contribution is 7.98. The number of nitrogens with one attached hydrogen (secondary N) is 1. The first-order valence-electron chi connectivity index (χ1n) is 7.66. The van der Waals surface area contributed by atoms with E-state index >= 15 is 0 Å². The van der Waals surface area contributed by atoms with Gasteiger partial charge in [-0.05, 0) is 56.2 Å². The van der Waals surface area contributed by atoms with Crippen molar-refractivity contribution < 1.29 is 4.74 Å². The van der Waals surface area contributed by atoms with Crippen LogP contribution in [0.5, 0.6) is 5.75 Å². The van der Waals surface area contributed by atoms with E-state index in [1.165, 1.54) is 42.6 Å². The molecule has 1 aromatic carbocycles. The summed E-state index contributed by atoms with van der Waals surface area (Å²) in [7, 11) is 3.77. The molecule has 2 nitrogen and oxygen atoms in total. The van der Waals surface area contributed by atoms with E-state index in [9.17, 15) is 0 Å². The van der Waals surface area contributed by atoms with Crippen LogP contribution in [0.1, 0.15) is 49.8 Å². The van der Waals surface area contributed by atoms with Crippen LogP contribution < -0.4 is 10.1 Å². The van der Waals surface area contributed by atoms with Crippen molar-refractivity contribution in [3.8, 4) is 5.75 Å². The van der Waals surface area contributed by atoms with Crippen LogP contribution in [-0.4, -0.2) is 19.9 Å². The average molecular weight is 293 g/mol. The molecule has 0 spiro atoms. The molecule has 1 fully saturated rings. The van der Waals surface area contributed by atoms with Crippen molar-refractivity contribution in [3.63, 3.8) is 0 Å². The van der Waals surface area contributed by atoms with Gasteiger partial charge in [-0.1, -0.05) is 18.9 Å². The van der Waals surface area contributed by atoms with Gasteiger partial charge in [0.05, 0.1) is 7.11 Å². The van der Waals surface area contributed by atoms with Gasteiger partial charge in [0, 0.05) is 17.4 Å². The van der Waals surface area contributed by atoms with Gasteiger partial charge in [0.2, 0.25) is 0 Å². The summed E-state index contributed by atoms with van der Waals surface area (Å²) >= 11 is 2.06. The van der Waals surface area contributed by atoms with E-state index in [0.29, 0.717) is 6.04 Å². The maximum absolute atomic E-state index is 5.50. The monoisotopic (exact) mass is 293 g/mol. The highest BCUT2D eigenvalue weighted by Gasteiger charge is 2.15. The fraction of sp³-hybridized carbons (Fsp3) is 0.647. The largest absolute Gasteiger partial charge is 0.496 e. The summed E-state index contributed by atoms with van der Waals surface area (Å²) < 4.78 is 5.50. The Bertz CT molecular complexity index is 415. The third-order valence-corrected chi connectivity index (χ3v) is 5.55. The third-order valence-electron chi connectivity index (χ3n) is 4.32. The minimum Gasteiger partial charge on any atom is -0.496 e. The second-order valence-corrected chi connectivity index (χ2v) is 6.78. The molecule has 2 rings (SSSR count). The molecule has 1 aliphatic rings. The van der Waals surface area contributed by atoms with Crippen LogP contribution in [-0.2, 0) is 5.75 Å². The second kappa shape index (κ2) is 7.94. The lowest BCUT2D eigenvalue weighted by molar-refractivity contribution is 0.411. The Morgan fingerprint density at radius 3 is 2.75 bits per heavy atom. The number of ether oxygens (including phenoxy) is 1. The van der Waals surface area contributed by atoms with Crippen LogP contribution in [0, 0.1) is 5.92 Å². The van der Waals surface area contributed by atoms with E-state index in [-0.39, 0.29) is 0 Å². The number of methoxy groups -OCH3 is 1. The molecular formula is C17H27NOS. The molecule has 1 unspecified atom stereocenters. The minimum absolute atomic E-state index is 0.388. The molecule has 20 heavy (non-hydrogen) atoms. The molecule has 0 aromatic heterocycles. The van der Waals surface area contributed by atoms with E-state index in [0.717, 1.165) is 17.4 Å². The summed E-state index contributed by atoms with van der Waals surface area (Å²) in [5, 5.41) is 3.30. The maximum Gasteiger partial charge on any atom is 0.122 e. The van der Waals surface area contributed by atoms with Crippen molar-refractivity contribution in [2.24, 2.45) is 5.92 Å². The van der Waals surface area contributed by atoms with E-state index in [1.807, 2.05) is 7.05 Å². The molecule has 1 atom stereocenters. The van der Waals surface area contributed by atoms with E-state index in [2.05, 4.69) is 42.2 Å². The lowest BCUT2D eigenvalue weighted by Gasteiger charge is -2.15. The van der Waals surface area contributed by atoms with Gasteiger partial charge >= 0.3 is 0 Å². The van der Waals surface area contributed by atoms with Crippen molar-refractivity contribution in [1.29, 1.82) is 0 Å². The SMILES string of the molecule is CNC(C)c1ccc(OC)c(CSCC2CCCC2)c1. The van der Waals surface area contributed by atoms with Crippen LogP contribution in [0.3, 0.4) is 0 Å². The van der Waals surface area contributed by atoms with Gasteiger partial charge in [0.25, 0.3) is 0 Å². The van der Waals surface area contributed by atoms with E-state index in [4.69, 9.17) is 4.74 Å². The second-order valence-electron chi connectivity index (χ2n) is 5.75. The summed E-state index contributed by atoms with van der Waals surface area (Å²) in [5.74, 6) is 4.33. The molecule has 1 saturated carbocycles. The number of rotatable bonds is 7. The van der Waals surface area contributed by atoms with E-state index < -0.39 is 0 Å². The highest BCUT2D eigenvalue weighted by atomic mass is 32.2. The van der Waals surface area contributed by atoms with Crippen LogP contribution in [0.25, 0.3) is 0 Å². The molecule has 0 radical (unpaired) electrons. The molecule has 3 heteroatoms. The maximum atomic E-state index is 5.50. The molecule has 0 bridgehead atoms.